The van der Waals surface area contributed by atoms with E-state index < -0.39 is 0 Å². The number of benzene rings is 1. The molecule has 0 spiro atoms. The predicted molar refractivity (Wildman–Crippen MR) is 68.1 cm³/mol. The number of ketones is 1. The number of aromatic nitrogens is 1. The minimum Gasteiger partial charge on any atom is -0.292 e. The zero-order chi connectivity index (χ0) is 11.4. The minimum absolute atomic E-state index is 0.0385. The maximum absolute atomic E-state index is 11.1. The van der Waals surface area contributed by atoms with Crippen LogP contribution >= 0.6 is 23.1 Å². The molecular formula is C12H11NOS2. The van der Waals surface area contributed by atoms with Crippen LogP contribution in [0.1, 0.15) is 22.3 Å². The number of thioether (sulfide) groups is 1. The quantitative estimate of drug-likeness (QED) is 0.612. The van der Waals surface area contributed by atoms with Gasteiger partial charge in [-0.3, -0.25) is 4.79 Å². The van der Waals surface area contributed by atoms with Crippen LogP contribution in [0.3, 0.4) is 0 Å². The van der Waals surface area contributed by atoms with Crippen LogP contribution in [0.2, 0.25) is 0 Å². The fourth-order valence-electron chi connectivity index (χ4n) is 1.22. The smallest absolute Gasteiger partial charge is 0.188 e. The normalized spacial score (nSPS) is 10.3. The molecule has 0 atom stereocenters. The predicted octanol–water partition coefficient (Wildman–Crippen LogP) is 3.64. The Kier molecular flexibility index (Phi) is 3.74. The lowest BCUT2D eigenvalue weighted by molar-refractivity contribution is 0.101. The average molecular weight is 249 g/mol. The van der Waals surface area contributed by atoms with Gasteiger partial charge in [0.15, 0.2) is 10.8 Å². The van der Waals surface area contributed by atoms with Crippen molar-refractivity contribution >= 4 is 28.9 Å². The van der Waals surface area contributed by atoms with E-state index in [-0.39, 0.29) is 5.78 Å². The molecule has 0 saturated carbocycles. The van der Waals surface area contributed by atoms with Gasteiger partial charge in [-0.25, -0.2) is 4.98 Å². The van der Waals surface area contributed by atoms with Gasteiger partial charge in [0, 0.05) is 12.7 Å². The first-order valence-electron chi connectivity index (χ1n) is 4.89. The van der Waals surface area contributed by atoms with E-state index in [9.17, 15) is 4.79 Å². The first-order valence-corrected chi connectivity index (χ1v) is 6.69. The number of nitrogens with zero attached hydrogens (tertiary/aromatic N) is 1. The van der Waals surface area contributed by atoms with E-state index in [0.717, 1.165) is 9.96 Å². The van der Waals surface area contributed by atoms with Crippen molar-refractivity contribution in [1.82, 2.24) is 4.98 Å². The lowest BCUT2D eigenvalue weighted by atomic mass is 10.2. The van der Waals surface area contributed by atoms with Crippen LogP contribution in [-0.4, -0.2) is 10.8 Å². The van der Waals surface area contributed by atoms with Gasteiger partial charge in [0.05, 0.1) is 10.4 Å². The van der Waals surface area contributed by atoms with Crippen LogP contribution in [-0.2, 0) is 5.75 Å². The van der Waals surface area contributed by atoms with E-state index >= 15 is 0 Å². The molecule has 82 valence electrons. The van der Waals surface area contributed by atoms with Crippen LogP contribution in [0.15, 0.2) is 40.7 Å². The molecule has 2 nitrogen and oxygen atoms in total. The molecule has 1 heterocycles. The van der Waals surface area contributed by atoms with Crippen molar-refractivity contribution in [1.29, 1.82) is 0 Å². The van der Waals surface area contributed by atoms with Crippen LogP contribution in [0.25, 0.3) is 0 Å². The van der Waals surface area contributed by atoms with Crippen LogP contribution in [0, 0.1) is 0 Å². The number of thiazole rings is 1. The molecular weight excluding hydrogens is 238 g/mol. The minimum atomic E-state index is 0.0385. The van der Waals surface area contributed by atoms with Crippen molar-refractivity contribution < 1.29 is 4.79 Å². The Balaban J connectivity index is 1.97. The van der Waals surface area contributed by atoms with Crippen molar-refractivity contribution in [3.63, 3.8) is 0 Å². The Labute approximate surface area is 103 Å². The number of hydrogen-bond donors (Lipinski definition) is 0. The summed E-state index contributed by atoms with van der Waals surface area (Å²) >= 11 is 3.18. The molecule has 0 saturated heterocycles. The highest BCUT2D eigenvalue weighted by molar-refractivity contribution is 8.00. The third kappa shape index (κ3) is 2.93. The molecule has 0 radical (unpaired) electrons. The number of carbonyl (C=O) groups excluding carboxylic acids is 1. The molecule has 0 aliphatic heterocycles. The van der Waals surface area contributed by atoms with Gasteiger partial charge in [-0.1, -0.05) is 30.3 Å². The zero-order valence-electron chi connectivity index (χ0n) is 8.84. The summed E-state index contributed by atoms with van der Waals surface area (Å²) in [5, 5.41) is 0.593. The second-order valence-electron chi connectivity index (χ2n) is 3.31. The van der Waals surface area contributed by atoms with Gasteiger partial charge in [-0.15, -0.1) is 23.1 Å². The van der Waals surface area contributed by atoms with Crippen molar-refractivity contribution in [2.45, 2.75) is 16.9 Å². The van der Waals surface area contributed by atoms with Crippen molar-refractivity contribution in [3.05, 3.63) is 47.1 Å². The maximum atomic E-state index is 11.1. The van der Waals surface area contributed by atoms with Gasteiger partial charge < -0.3 is 0 Å². The Bertz CT molecular complexity index is 479. The lowest BCUT2D eigenvalue weighted by Crippen LogP contribution is -1.87. The van der Waals surface area contributed by atoms with Crippen LogP contribution in [0.4, 0.5) is 0 Å². The monoisotopic (exact) mass is 249 g/mol. The summed E-state index contributed by atoms with van der Waals surface area (Å²) in [5.41, 5.74) is 1.28. The number of Topliss-reactive ketones (excluding diaryl/α,β-unsaturated/α-hetero) is 1. The van der Waals surface area contributed by atoms with Gasteiger partial charge in [-0.2, -0.15) is 0 Å². The summed E-state index contributed by atoms with van der Waals surface area (Å²) in [6, 6.07) is 10.3. The second kappa shape index (κ2) is 5.27. The molecule has 0 N–H and O–H groups in total. The van der Waals surface area contributed by atoms with E-state index in [0.29, 0.717) is 5.01 Å². The molecule has 0 bridgehead atoms. The SMILES string of the molecule is CC(=O)c1ncc(SCc2ccccc2)s1. The summed E-state index contributed by atoms with van der Waals surface area (Å²) in [7, 11) is 0. The second-order valence-corrected chi connectivity index (χ2v) is 5.62. The van der Waals surface area contributed by atoms with E-state index in [2.05, 4.69) is 17.1 Å². The van der Waals surface area contributed by atoms with Gasteiger partial charge in [0.2, 0.25) is 0 Å². The van der Waals surface area contributed by atoms with E-state index in [1.54, 1.807) is 24.9 Å². The summed E-state index contributed by atoms with van der Waals surface area (Å²) in [4.78, 5) is 15.1. The van der Waals surface area contributed by atoms with E-state index in [1.807, 2.05) is 18.2 Å². The largest absolute Gasteiger partial charge is 0.292 e. The topological polar surface area (TPSA) is 30.0 Å². The van der Waals surface area contributed by atoms with Crippen LogP contribution < -0.4 is 0 Å². The van der Waals surface area contributed by atoms with Crippen LogP contribution in [0.5, 0.6) is 0 Å². The number of hydrogen-bond acceptors (Lipinski definition) is 4. The van der Waals surface area contributed by atoms with Gasteiger partial charge in [0.25, 0.3) is 0 Å². The Morgan fingerprint density at radius 3 is 2.75 bits per heavy atom. The molecule has 0 aliphatic rings. The highest BCUT2D eigenvalue weighted by Crippen LogP contribution is 2.28. The van der Waals surface area contributed by atoms with Gasteiger partial charge in [0.1, 0.15) is 0 Å². The highest BCUT2D eigenvalue weighted by Gasteiger charge is 2.06. The van der Waals surface area contributed by atoms with Crippen molar-refractivity contribution in [2.75, 3.05) is 0 Å². The molecule has 0 aliphatic carbocycles. The fourth-order valence-corrected chi connectivity index (χ4v) is 3.04. The molecule has 1 aromatic carbocycles. The molecule has 0 unspecified atom stereocenters. The van der Waals surface area contributed by atoms with Gasteiger partial charge >= 0.3 is 0 Å². The fraction of sp³-hybridized carbons (Fsp3) is 0.167. The van der Waals surface area contributed by atoms with Gasteiger partial charge in [-0.05, 0) is 5.56 Å². The Morgan fingerprint density at radius 1 is 1.38 bits per heavy atom. The van der Waals surface area contributed by atoms with E-state index in [4.69, 9.17) is 0 Å². The summed E-state index contributed by atoms with van der Waals surface area (Å²) in [5.74, 6) is 0.956. The van der Waals surface area contributed by atoms with Crippen molar-refractivity contribution in [2.24, 2.45) is 0 Å². The third-order valence-electron chi connectivity index (χ3n) is 2.01. The lowest BCUT2D eigenvalue weighted by Gasteiger charge is -1.97. The van der Waals surface area contributed by atoms with E-state index in [1.165, 1.54) is 16.9 Å². The molecule has 2 aromatic rings. The third-order valence-corrected chi connectivity index (χ3v) is 4.37. The maximum Gasteiger partial charge on any atom is 0.188 e. The molecule has 0 fully saturated rings. The Morgan fingerprint density at radius 2 is 2.12 bits per heavy atom. The summed E-state index contributed by atoms with van der Waals surface area (Å²) < 4.78 is 1.09. The first-order chi connectivity index (χ1) is 7.75. The zero-order valence-corrected chi connectivity index (χ0v) is 10.5. The summed E-state index contributed by atoms with van der Waals surface area (Å²) in [6.45, 7) is 1.55. The molecule has 1 aromatic heterocycles. The molecule has 4 heteroatoms. The number of carbonyl (C=O) groups is 1. The standard InChI is InChI=1S/C12H11NOS2/c1-9(14)12-13-7-11(16-12)15-8-10-5-3-2-4-6-10/h2-7H,8H2,1H3. The molecule has 0 amide bonds. The summed E-state index contributed by atoms with van der Waals surface area (Å²) in [6.07, 6.45) is 1.77. The van der Waals surface area contributed by atoms with Crippen molar-refractivity contribution in [3.8, 4) is 0 Å². The average Bonchev–Trinajstić information content (AvgIpc) is 2.76. The highest BCUT2D eigenvalue weighted by atomic mass is 32.2. The number of rotatable bonds is 4. The molecule has 2 rings (SSSR count). The Hall–Kier alpha value is -1.13. The molecule has 16 heavy (non-hydrogen) atoms. The first kappa shape index (κ1) is 11.4.